The summed E-state index contributed by atoms with van der Waals surface area (Å²) in [6.07, 6.45) is -1.25. The molecule has 1 amide bonds. The maximum Gasteiger partial charge on any atom is 0.391 e. The third kappa shape index (κ3) is 4.73. The third-order valence-corrected chi connectivity index (χ3v) is 7.39. The molecule has 182 valence electrons. The number of rotatable bonds is 4. The Labute approximate surface area is 191 Å². The van der Waals surface area contributed by atoms with E-state index in [1.807, 2.05) is 24.4 Å². The van der Waals surface area contributed by atoms with Crippen molar-refractivity contribution in [3.63, 3.8) is 0 Å². The van der Waals surface area contributed by atoms with Crippen molar-refractivity contribution in [2.24, 2.45) is 11.7 Å². The lowest BCUT2D eigenvalue weighted by molar-refractivity contribution is -0.182. The lowest BCUT2D eigenvalue weighted by Crippen LogP contribution is -2.49. The van der Waals surface area contributed by atoms with Gasteiger partial charge >= 0.3 is 6.18 Å². The normalized spacial score (nSPS) is 25.4. The molecule has 0 aromatic carbocycles. The smallest absolute Gasteiger partial charge is 0.391 e. The second-order valence-corrected chi connectivity index (χ2v) is 9.55. The van der Waals surface area contributed by atoms with Crippen LogP contribution in [0.4, 0.5) is 13.2 Å². The SMILES string of the molecule is Cc1nc2cc([C@H]3CC[C@H](C(F)(F)F)CC3)nn2c([C@@H]2CCCN(C(=O)C(N)CO)C2)c1C. The summed E-state index contributed by atoms with van der Waals surface area (Å²) in [4.78, 5) is 18.9. The van der Waals surface area contributed by atoms with Crippen LogP contribution in [-0.4, -0.2) is 62.4 Å². The standard InChI is InChI=1S/C23H32F3N5O2/c1-13-14(2)28-20-10-19(15-5-7-17(8-6-15)23(24,25)26)29-31(20)21(13)16-4-3-9-30(11-16)22(33)18(27)12-32/h10,15-18,32H,3-9,11-12,27H2,1-2H3/t15-,16-,17-,18?/m1/s1. The quantitative estimate of drug-likeness (QED) is 0.720. The van der Waals surface area contributed by atoms with Crippen molar-refractivity contribution in [1.29, 1.82) is 0 Å². The van der Waals surface area contributed by atoms with Gasteiger partial charge in [-0.1, -0.05) is 0 Å². The van der Waals surface area contributed by atoms with Crippen molar-refractivity contribution in [3.05, 3.63) is 28.7 Å². The molecule has 1 saturated heterocycles. The molecule has 2 fully saturated rings. The van der Waals surface area contributed by atoms with Crippen molar-refractivity contribution in [2.45, 2.75) is 76.4 Å². The number of aliphatic hydroxyl groups excluding tert-OH is 1. The first-order chi connectivity index (χ1) is 15.6. The Hall–Kier alpha value is -2.20. The van der Waals surface area contributed by atoms with E-state index in [-0.39, 0.29) is 30.6 Å². The number of aryl methyl sites for hydroxylation is 1. The highest BCUT2D eigenvalue weighted by Crippen LogP contribution is 2.43. The number of carbonyl (C=O) groups excluding carboxylic acids is 1. The summed E-state index contributed by atoms with van der Waals surface area (Å²) in [5.74, 6) is -1.46. The Balaban J connectivity index is 1.62. The van der Waals surface area contributed by atoms with Crippen LogP contribution < -0.4 is 5.73 Å². The number of aromatic nitrogens is 3. The second-order valence-electron chi connectivity index (χ2n) is 9.55. The minimum absolute atomic E-state index is 0.00857. The fourth-order valence-electron chi connectivity index (χ4n) is 5.35. The number of nitrogens with two attached hydrogens (primary N) is 1. The first kappa shape index (κ1) is 23.9. The van der Waals surface area contributed by atoms with E-state index in [0.717, 1.165) is 35.5 Å². The van der Waals surface area contributed by atoms with E-state index in [4.69, 9.17) is 10.8 Å². The van der Waals surface area contributed by atoms with Crippen LogP contribution in [0.5, 0.6) is 0 Å². The zero-order valence-electron chi connectivity index (χ0n) is 19.1. The first-order valence-electron chi connectivity index (χ1n) is 11.7. The lowest BCUT2D eigenvalue weighted by atomic mass is 9.80. The van der Waals surface area contributed by atoms with Gasteiger partial charge in [0.25, 0.3) is 0 Å². The molecule has 1 saturated carbocycles. The third-order valence-electron chi connectivity index (χ3n) is 7.39. The van der Waals surface area contributed by atoms with Gasteiger partial charge < -0.3 is 15.7 Å². The van der Waals surface area contributed by atoms with Crippen LogP contribution in [0.25, 0.3) is 5.65 Å². The Morgan fingerprint density at radius 3 is 2.55 bits per heavy atom. The van der Waals surface area contributed by atoms with Gasteiger partial charge in [0.1, 0.15) is 6.04 Å². The predicted octanol–water partition coefficient (Wildman–Crippen LogP) is 3.21. The molecule has 3 N–H and O–H groups in total. The zero-order chi connectivity index (χ0) is 23.9. The molecule has 2 aromatic heterocycles. The Kier molecular flexibility index (Phi) is 6.68. The maximum absolute atomic E-state index is 13.1. The average Bonchev–Trinajstić information content (AvgIpc) is 3.21. The van der Waals surface area contributed by atoms with Crippen molar-refractivity contribution in [3.8, 4) is 0 Å². The van der Waals surface area contributed by atoms with Gasteiger partial charge in [-0.2, -0.15) is 18.3 Å². The van der Waals surface area contributed by atoms with Gasteiger partial charge in [-0.05, 0) is 57.9 Å². The van der Waals surface area contributed by atoms with Gasteiger partial charge in [0.15, 0.2) is 5.65 Å². The second kappa shape index (κ2) is 9.21. The number of aliphatic hydroxyl groups is 1. The largest absolute Gasteiger partial charge is 0.394 e. The molecular formula is C23H32F3N5O2. The fourth-order valence-corrected chi connectivity index (χ4v) is 5.35. The van der Waals surface area contributed by atoms with Crippen LogP contribution in [0.1, 0.15) is 73.0 Å². The zero-order valence-corrected chi connectivity index (χ0v) is 19.1. The minimum atomic E-state index is -4.13. The molecule has 4 rings (SSSR count). The highest BCUT2D eigenvalue weighted by atomic mass is 19.4. The number of halogens is 3. The van der Waals surface area contributed by atoms with E-state index < -0.39 is 24.7 Å². The van der Waals surface area contributed by atoms with Crippen molar-refractivity contribution in [1.82, 2.24) is 19.5 Å². The highest BCUT2D eigenvalue weighted by Gasteiger charge is 2.42. The van der Waals surface area contributed by atoms with Gasteiger partial charge in [-0.15, -0.1) is 0 Å². The summed E-state index contributed by atoms with van der Waals surface area (Å²) in [5.41, 5.74) is 10.1. The number of hydrogen-bond acceptors (Lipinski definition) is 5. The molecule has 1 aliphatic heterocycles. The fraction of sp³-hybridized carbons (Fsp3) is 0.696. The average molecular weight is 468 g/mol. The number of alkyl halides is 3. The topological polar surface area (TPSA) is 96.8 Å². The molecule has 10 heteroatoms. The molecule has 1 aliphatic carbocycles. The van der Waals surface area contributed by atoms with Gasteiger partial charge in [-0.25, -0.2) is 9.50 Å². The van der Waals surface area contributed by atoms with Crippen LogP contribution in [0.3, 0.4) is 0 Å². The predicted molar refractivity (Wildman–Crippen MR) is 117 cm³/mol. The van der Waals surface area contributed by atoms with Gasteiger partial charge in [0.05, 0.1) is 23.9 Å². The number of piperidine rings is 1. The van der Waals surface area contributed by atoms with E-state index in [9.17, 15) is 23.1 Å². The van der Waals surface area contributed by atoms with Crippen molar-refractivity contribution in [2.75, 3.05) is 19.7 Å². The lowest BCUT2D eigenvalue weighted by Gasteiger charge is -2.35. The summed E-state index contributed by atoms with van der Waals surface area (Å²) in [6.45, 7) is 4.62. The summed E-state index contributed by atoms with van der Waals surface area (Å²) in [7, 11) is 0. The van der Waals surface area contributed by atoms with Crippen LogP contribution in [0, 0.1) is 19.8 Å². The van der Waals surface area contributed by atoms with Crippen molar-refractivity contribution < 1.29 is 23.1 Å². The number of amides is 1. The van der Waals surface area contributed by atoms with E-state index in [1.54, 1.807) is 4.90 Å². The highest BCUT2D eigenvalue weighted by molar-refractivity contribution is 5.82. The Morgan fingerprint density at radius 1 is 1.21 bits per heavy atom. The van der Waals surface area contributed by atoms with Crippen LogP contribution in [0.15, 0.2) is 6.07 Å². The van der Waals surface area contributed by atoms with Crippen LogP contribution in [-0.2, 0) is 4.79 Å². The molecule has 2 aliphatic rings. The molecule has 1 unspecified atom stereocenters. The Bertz CT molecular complexity index is 1010. The van der Waals surface area contributed by atoms with E-state index in [2.05, 4.69) is 4.98 Å². The van der Waals surface area contributed by atoms with Gasteiger partial charge in [0, 0.05) is 36.7 Å². The number of fused-ring (bicyclic) bond motifs is 1. The molecule has 0 bridgehead atoms. The summed E-state index contributed by atoms with van der Waals surface area (Å²) in [5, 5.41) is 14.1. The molecule has 2 aromatic rings. The maximum atomic E-state index is 13.1. The molecule has 33 heavy (non-hydrogen) atoms. The summed E-state index contributed by atoms with van der Waals surface area (Å²) < 4.78 is 41.0. The summed E-state index contributed by atoms with van der Waals surface area (Å²) >= 11 is 0. The van der Waals surface area contributed by atoms with E-state index in [1.165, 1.54) is 0 Å². The number of hydrogen-bond donors (Lipinski definition) is 2. The number of nitrogens with zero attached hydrogens (tertiary/aromatic N) is 4. The number of carbonyl (C=O) groups is 1. The molecule has 3 heterocycles. The number of likely N-dealkylation sites (tertiary alicyclic amines) is 1. The van der Waals surface area contributed by atoms with Crippen LogP contribution >= 0.6 is 0 Å². The summed E-state index contributed by atoms with van der Waals surface area (Å²) in [6, 6.07) is 0.981. The van der Waals surface area contributed by atoms with Gasteiger partial charge in [-0.3, -0.25) is 4.79 Å². The van der Waals surface area contributed by atoms with Crippen LogP contribution in [0.2, 0.25) is 0 Å². The van der Waals surface area contributed by atoms with E-state index in [0.29, 0.717) is 31.6 Å². The molecular weight excluding hydrogens is 435 g/mol. The van der Waals surface area contributed by atoms with Crippen molar-refractivity contribution >= 4 is 11.6 Å². The Morgan fingerprint density at radius 2 is 1.91 bits per heavy atom. The molecule has 0 spiro atoms. The van der Waals surface area contributed by atoms with Gasteiger partial charge in [0.2, 0.25) is 5.91 Å². The van der Waals surface area contributed by atoms with E-state index >= 15 is 0 Å². The molecule has 0 radical (unpaired) electrons. The molecule has 2 atom stereocenters. The monoisotopic (exact) mass is 467 g/mol. The first-order valence-corrected chi connectivity index (χ1v) is 11.7. The molecule has 7 nitrogen and oxygen atoms in total. The minimum Gasteiger partial charge on any atom is -0.394 e.